The Morgan fingerprint density at radius 2 is 1.59 bits per heavy atom. The summed E-state index contributed by atoms with van der Waals surface area (Å²) in [6.45, 7) is 1.96. The molecule has 0 aliphatic heterocycles. The van der Waals surface area contributed by atoms with E-state index in [1.807, 2.05) is 76.7 Å². The molecule has 0 fully saturated rings. The second-order valence-electron chi connectivity index (χ2n) is 8.38. The summed E-state index contributed by atoms with van der Waals surface area (Å²) < 4.78 is 13.4. The fourth-order valence-corrected chi connectivity index (χ4v) is 4.84. The van der Waals surface area contributed by atoms with Crippen LogP contribution in [0.15, 0.2) is 117 Å². The molecule has 0 bridgehead atoms. The molecule has 0 saturated heterocycles. The van der Waals surface area contributed by atoms with E-state index in [0.717, 1.165) is 16.1 Å². The Morgan fingerprint density at radius 1 is 0.946 bits per heavy atom. The van der Waals surface area contributed by atoms with Crippen molar-refractivity contribution in [3.8, 4) is 17.0 Å². The van der Waals surface area contributed by atoms with Crippen LogP contribution in [-0.2, 0) is 6.54 Å². The Bertz CT molecular complexity index is 1640. The minimum absolute atomic E-state index is 0.181. The molecule has 6 nitrogen and oxygen atoms in total. The first kappa shape index (κ1) is 24.2. The zero-order chi connectivity index (χ0) is 25.6. The lowest BCUT2D eigenvalue weighted by Crippen LogP contribution is -2.20. The lowest BCUT2D eigenvalue weighted by atomic mass is 10.1. The highest BCUT2D eigenvalue weighted by Crippen LogP contribution is 2.29. The van der Waals surface area contributed by atoms with Crippen LogP contribution in [0.4, 0.5) is 5.69 Å². The zero-order valence-corrected chi connectivity index (χ0v) is 21.0. The number of benzene rings is 3. The zero-order valence-electron chi connectivity index (χ0n) is 20.2. The van der Waals surface area contributed by atoms with E-state index >= 15 is 0 Å². The van der Waals surface area contributed by atoms with Crippen LogP contribution < -0.4 is 15.2 Å². The second-order valence-corrected chi connectivity index (χ2v) is 9.22. The van der Waals surface area contributed by atoms with Crippen LogP contribution in [0.3, 0.4) is 0 Å². The number of aromatic nitrogens is 1. The maximum Gasteiger partial charge on any atom is 0.349 e. The number of rotatable bonds is 8. The first-order chi connectivity index (χ1) is 18.1. The number of Topliss-reactive ketones (excluding diaryl/α,β-unsaturated/α-hetero) is 1. The van der Waals surface area contributed by atoms with Crippen molar-refractivity contribution in [2.45, 2.75) is 13.5 Å². The van der Waals surface area contributed by atoms with Crippen LogP contribution in [0.1, 0.15) is 21.7 Å². The number of ketones is 1. The van der Waals surface area contributed by atoms with Gasteiger partial charge >= 0.3 is 5.63 Å². The monoisotopic (exact) mass is 508 g/mol. The van der Waals surface area contributed by atoms with Gasteiger partial charge in [0.2, 0.25) is 0 Å². The Labute approximate surface area is 217 Å². The molecule has 0 amide bonds. The number of ether oxygens (including phenoxy) is 1. The van der Waals surface area contributed by atoms with Crippen molar-refractivity contribution in [1.29, 1.82) is 0 Å². The fourth-order valence-electron chi connectivity index (χ4n) is 3.93. The Morgan fingerprint density at radius 3 is 2.30 bits per heavy atom. The molecule has 2 aromatic heterocycles. The molecule has 0 aliphatic carbocycles. The lowest BCUT2D eigenvalue weighted by Gasteiger charge is -2.13. The molecule has 0 unspecified atom stereocenters. The first-order valence-electron chi connectivity index (χ1n) is 11.8. The first-order valence-corrected chi connectivity index (χ1v) is 12.6. The van der Waals surface area contributed by atoms with Crippen LogP contribution in [-0.4, -0.2) is 17.0 Å². The molecular weight excluding hydrogens is 484 g/mol. The summed E-state index contributed by atoms with van der Waals surface area (Å²) in [5, 5.41) is 1.87. The van der Waals surface area contributed by atoms with Crippen molar-refractivity contribution in [3.63, 3.8) is 0 Å². The third-order valence-corrected chi connectivity index (χ3v) is 6.57. The van der Waals surface area contributed by atoms with Gasteiger partial charge in [0.25, 0.3) is 0 Å². The number of carbonyl (C=O) groups is 1. The highest BCUT2D eigenvalue weighted by molar-refractivity contribution is 7.07. The van der Waals surface area contributed by atoms with Crippen LogP contribution in [0.5, 0.6) is 5.75 Å². The minimum atomic E-state index is -0.534. The summed E-state index contributed by atoms with van der Waals surface area (Å²) in [6.07, 6.45) is 0. The van der Waals surface area contributed by atoms with Gasteiger partial charge in [-0.2, -0.15) is 0 Å². The molecule has 0 radical (unpaired) electrons. The van der Waals surface area contributed by atoms with Gasteiger partial charge < -0.3 is 13.7 Å². The highest BCUT2D eigenvalue weighted by Gasteiger charge is 2.20. The lowest BCUT2D eigenvalue weighted by molar-refractivity contribution is 0.0921. The van der Waals surface area contributed by atoms with Crippen molar-refractivity contribution >= 4 is 22.8 Å². The van der Waals surface area contributed by atoms with Gasteiger partial charge in [0, 0.05) is 17.0 Å². The summed E-state index contributed by atoms with van der Waals surface area (Å²) in [4.78, 5) is 31.4. The molecule has 3 aromatic carbocycles. The predicted octanol–water partition coefficient (Wildman–Crippen LogP) is 6.02. The van der Waals surface area contributed by atoms with Gasteiger partial charge in [-0.1, -0.05) is 78.9 Å². The predicted molar refractivity (Wildman–Crippen MR) is 144 cm³/mol. The Balaban J connectivity index is 1.60. The molecule has 5 rings (SSSR count). The molecule has 184 valence electrons. The van der Waals surface area contributed by atoms with Gasteiger partial charge in [-0.3, -0.25) is 4.79 Å². The standard InChI is InChI=1S/C30H24N2O4S/c1-21-17-27(35-19-26(33)23-13-7-3-8-14-23)28(29(34)36-21)25-20-37-30(31-24-15-9-4-10-16-24)32(25)18-22-11-5-2-6-12-22/h2-17,20H,18-19H2,1H3. The van der Waals surface area contributed by atoms with E-state index in [9.17, 15) is 9.59 Å². The van der Waals surface area contributed by atoms with Crippen molar-refractivity contribution < 1.29 is 13.9 Å². The van der Waals surface area contributed by atoms with Crippen molar-refractivity contribution in [1.82, 2.24) is 4.57 Å². The SMILES string of the molecule is Cc1cc(OCC(=O)c2ccccc2)c(-c2csc(=Nc3ccccc3)n2Cc2ccccc2)c(=O)o1. The molecule has 0 saturated carbocycles. The van der Waals surface area contributed by atoms with Gasteiger partial charge in [-0.25, -0.2) is 9.79 Å². The van der Waals surface area contributed by atoms with E-state index in [0.29, 0.717) is 29.3 Å². The van der Waals surface area contributed by atoms with Gasteiger partial charge in [-0.05, 0) is 24.6 Å². The summed E-state index contributed by atoms with van der Waals surface area (Å²) in [5.41, 5.74) is 2.73. The third-order valence-electron chi connectivity index (χ3n) is 5.71. The number of hydrogen-bond donors (Lipinski definition) is 0. The van der Waals surface area contributed by atoms with Crippen molar-refractivity contribution in [3.05, 3.63) is 135 Å². The van der Waals surface area contributed by atoms with E-state index in [-0.39, 0.29) is 18.0 Å². The summed E-state index contributed by atoms with van der Waals surface area (Å²) in [7, 11) is 0. The van der Waals surface area contributed by atoms with Crippen LogP contribution >= 0.6 is 11.3 Å². The van der Waals surface area contributed by atoms with E-state index in [1.165, 1.54) is 11.3 Å². The maximum atomic E-state index is 13.2. The molecule has 37 heavy (non-hydrogen) atoms. The highest BCUT2D eigenvalue weighted by atomic mass is 32.1. The average Bonchev–Trinajstić information content (AvgIpc) is 3.29. The van der Waals surface area contributed by atoms with E-state index < -0.39 is 5.63 Å². The van der Waals surface area contributed by atoms with E-state index in [1.54, 1.807) is 37.3 Å². The molecule has 2 heterocycles. The smallest absolute Gasteiger partial charge is 0.349 e. The maximum absolute atomic E-state index is 13.2. The van der Waals surface area contributed by atoms with Gasteiger partial charge in [0.1, 0.15) is 17.1 Å². The number of hydrogen-bond acceptors (Lipinski definition) is 6. The van der Waals surface area contributed by atoms with Gasteiger partial charge in [0.05, 0.1) is 17.9 Å². The van der Waals surface area contributed by atoms with Gasteiger partial charge in [-0.15, -0.1) is 11.3 Å². The number of carbonyl (C=O) groups excluding carboxylic acids is 1. The third kappa shape index (κ3) is 5.68. The van der Waals surface area contributed by atoms with Gasteiger partial charge in [0.15, 0.2) is 17.2 Å². The Kier molecular flexibility index (Phi) is 7.23. The number of thiazole rings is 1. The van der Waals surface area contributed by atoms with Crippen LogP contribution in [0.2, 0.25) is 0 Å². The van der Waals surface area contributed by atoms with E-state index in [2.05, 4.69) is 0 Å². The summed E-state index contributed by atoms with van der Waals surface area (Å²) in [5.74, 6) is 0.513. The van der Waals surface area contributed by atoms with Crippen molar-refractivity contribution in [2.24, 2.45) is 4.99 Å². The molecule has 5 aromatic rings. The molecular formula is C30H24N2O4S. The largest absolute Gasteiger partial charge is 0.484 e. The quantitative estimate of drug-likeness (QED) is 0.240. The number of nitrogens with zero attached hydrogens (tertiary/aromatic N) is 2. The minimum Gasteiger partial charge on any atom is -0.484 e. The average molecular weight is 509 g/mol. The number of aryl methyl sites for hydroxylation is 1. The van der Waals surface area contributed by atoms with Crippen LogP contribution in [0.25, 0.3) is 11.3 Å². The Hall–Kier alpha value is -4.49. The fraction of sp³-hybridized carbons (Fsp3) is 0.100. The normalized spacial score (nSPS) is 11.4. The molecule has 0 atom stereocenters. The molecule has 7 heteroatoms. The summed E-state index contributed by atoms with van der Waals surface area (Å²) in [6, 6.07) is 30.2. The second kappa shape index (κ2) is 11.1. The summed E-state index contributed by atoms with van der Waals surface area (Å²) >= 11 is 1.42. The molecule has 0 aliphatic rings. The van der Waals surface area contributed by atoms with E-state index in [4.69, 9.17) is 14.1 Å². The number of para-hydroxylation sites is 1. The van der Waals surface area contributed by atoms with Crippen LogP contribution in [0, 0.1) is 6.92 Å². The topological polar surface area (TPSA) is 73.8 Å². The molecule has 0 spiro atoms. The molecule has 0 N–H and O–H groups in total. The van der Waals surface area contributed by atoms with Crippen molar-refractivity contribution in [2.75, 3.05) is 6.61 Å².